The summed E-state index contributed by atoms with van der Waals surface area (Å²) in [6.45, 7) is 13.6. The van der Waals surface area contributed by atoms with Gasteiger partial charge in [-0.15, -0.1) is 5.10 Å². The summed E-state index contributed by atoms with van der Waals surface area (Å²) < 4.78 is 5.68. The van der Waals surface area contributed by atoms with Crippen molar-refractivity contribution in [3.8, 4) is 0 Å². The molecule has 1 heterocycles. The summed E-state index contributed by atoms with van der Waals surface area (Å²) in [6.07, 6.45) is 1.11. The first-order chi connectivity index (χ1) is 8.69. The molecule has 1 N–H and O–H groups in total. The van der Waals surface area contributed by atoms with Crippen LogP contribution in [0.25, 0.3) is 0 Å². The zero-order valence-electron chi connectivity index (χ0n) is 13.3. The summed E-state index contributed by atoms with van der Waals surface area (Å²) in [7, 11) is 2.00. The van der Waals surface area contributed by atoms with Gasteiger partial charge >= 0.3 is 6.01 Å². The average molecular weight is 268 g/mol. The lowest BCUT2D eigenvalue weighted by Gasteiger charge is -2.24. The smallest absolute Gasteiger partial charge is 0.318 e. The first kappa shape index (κ1) is 16.0. The molecule has 0 fully saturated rings. The van der Waals surface area contributed by atoms with Crippen molar-refractivity contribution in [1.82, 2.24) is 15.5 Å². The maximum atomic E-state index is 5.68. The second-order valence-corrected chi connectivity index (χ2v) is 6.67. The van der Waals surface area contributed by atoms with E-state index < -0.39 is 0 Å². The Hall–Kier alpha value is -1.10. The lowest BCUT2D eigenvalue weighted by molar-refractivity contribution is 0.377. The molecule has 0 bridgehead atoms. The fourth-order valence-corrected chi connectivity index (χ4v) is 1.83. The van der Waals surface area contributed by atoms with Gasteiger partial charge in [0.05, 0.1) is 6.54 Å². The zero-order chi connectivity index (χ0) is 14.6. The monoisotopic (exact) mass is 268 g/mol. The second-order valence-electron chi connectivity index (χ2n) is 6.67. The molecule has 5 heteroatoms. The van der Waals surface area contributed by atoms with Crippen LogP contribution in [0.4, 0.5) is 6.01 Å². The molecule has 0 aliphatic carbocycles. The van der Waals surface area contributed by atoms with Gasteiger partial charge in [0.1, 0.15) is 0 Å². The van der Waals surface area contributed by atoms with E-state index in [9.17, 15) is 0 Å². The number of hydrogen-bond acceptors (Lipinski definition) is 5. The van der Waals surface area contributed by atoms with Crippen molar-refractivity contribution in [1.29, 1.82) is 0 Å². The molecule has 5 nitrogen and oxygen atoms in total. The fourth-order valence-electron chi connectivity index (χ4n) is 1.83. The minimum atomic E-state index is 0.0471. The Kier molecular flexibility index (Phi) is 5.35. The maximum absolute atomic E-state index is 5.68. The van der Waals surface area contributed by atoms with Crippen LogP contribution < -0.4 is 10.2 Å². The molecule has 0 saturated carbocycles. The van der Waals surface area contributed by atoms with Crippen LogP contribution >= 0.6 is 0 Å². The normalized spacial score (nSPS) is 13.9. The molecule has 0 aliphatic rings. The van der Waals surface area contributed by atoms with Gasteiger partial charge in [0.15, 0.2) is 0 Å². The molecule has 0 spiro atoms. The van der Waals surface area contributed by atoms with E-state index in [1.807, 2.05) is 11.9 Å². The molecule has 19 heavy (non-hydrogen) atoms. The molecule has 110 valence electrons. The van der Waals surface area contributed by atoms with Crippen LogP contribution in [0.1, 0.15) is 53.9 Å². The highest BCUT2D eigenvalue weighted by atomic mass is 16.4. The molecule has 0 aromatic carbocycles. The summed E-state index contributed by atoms with van der Waals surface area (Å²) in [5, 5.41) is 11.5. The number of hydrogen-bond donors (Lipinski definition) is 1. The van der Waals surface area contributed by atoms with E-state index in [1.165, 1.54) is 0 Å². The predicted octanol–water partition coefficient (Wildman–Crippen LogP) is 2.83. The second kappa shape index (κ2) is 6.37. The van der Waals surface area contributed by atoms with Crippen molar-refractivity contribution >= 4 is 6.01 Å². The van der Waals surface area contributed by atoms with E-state index >= 15 is 0 Å². The Labute approximate surface area is 116 Å². The summed E-state index contributed by atoms with van der Waals surface area (Å²) in [5.41, 5.74) is 0.0471. The van der Waals surface area contributed by atoms with Crippen LogP contribution in [0.15, 0.2) is 4.42 Å². The van der Waals surface area contributed by atoms with Gasteiger partial charge in [-0.1, -0.05) is 18.9 Å². The number of rotatable bonds is 6. The van der Waals surface area contributed by atoms with Crippen molar-refractivity contribution in [3.63, 3.8) is 0 Å². The number of anilines is 1. The third-order valence-corrected chi connectivity index (χ3v) is 3.00. The third kappa shape index (κ3) is 5.59. The Morgan fingerprint density at radius 2 is 1.84 bits per heavy atom. The standard InChI is InChI=1S/C14H28N4O/c1-10(2)8-11(3)18(7)13-17-16-12(19-13)9-15-14(4,5)6/h10-11,15H,8-9H2,1-7H3. The number of nitrogens with one attached hydrogen (secondary N) is 1. The lowest BCUT2D eigenvalue weighted by Crippen LogP contribution is -2.35. The average Bonchev–Trinajstić information content (AvgIpc) is 2.72. The first-order valence-corrected chi connectivity index (χ1v) is 6.99. The van der Waals surface area contributed by atoms with Crippen molar-refractivity contribution in [3.05, 3.63) is 5.89 Å². The number of nitrogens with zero attached hydrogens (tertiary/aromatic N) is 3. The third-order valence-electron chi connectivity index (χ3n) is 3.00. The van der Waals surface area contributed by atoms with Crippen LogP contribution in [0.3, 0.4) is 0 Å². The minimum absolute atomic E-state index is 0.0471. The van der Waals surface area contributed by atoms with Crippen molar-refractivity contribution in [2.45, 2.75) is 66.1 Å². The highest BCUT2D eigenvalue weighted by Gasteiger charge is 2.18. The molecule has 0 radical (unpaired) electrons. The van der Waals surface area contributed by atoms with Crippen molar-refractivity contribution < 1.29 is 4.42 Å². The molecular weight excluding hydrogens is 240 g/mol. The van der Waals surface area contributed by atoms with Crippen LogP contribution in [0, 0.1) is 5.92 Å². The van der Waals surface area contributed by atoms with Gasteiger partial charge in [-0.25, -0.2) is 0 Å². The summed E-state index contributed by atoms with van der Waals surface area (Å²) in [6, 6.07) is 0.989. The molecule has 0 aliphatic heterocycles. The van der Waals surface area contributed by atoms with Crippen LogP contribution in [-0.2, 0) is 6.54 Å². The molecule has 1 unspecified atom stereocenters. The van der Waals surface area contributed by atoms with E-state index in [1.54, 1.807) is 0 Å². The molecule has 1 aromatic heterocycles. The van der Waals surface area contributed by atoms with E-state index in [0.717, 1.165) is 6.42 Å². The Morgan fingerprint density at radius 3 is 2.37 bits per heavy atom. The van der Waals surface area contributed by atoms with Gasteiger partial charge in [-0.3, -0.25) is 0 Å². The Bertz CT molecular complexity index is 381. The lowest BCUT2D eigenvalue weighted by atomic mass is 10.0. The summed E-state index contributed by atoms with van der Waals surface area (Å²) in [4.78, 5) is 2.05. The minimum Gasteiger partial charge on any atom is -0.407 e. The van der Waals surface area contributed by atoms with Crippen molar-refractivity contribution in [2.24, 2.45) is 5.92 Å². The Morgan fingerprint density at radius 1 is 1.21 bits per heavy atom. The van der Waals surface area contributed by atoms with Crippen LogP contribution in [0.5, 0.6) is 0 Å². The largest absolute Gasteiger partial charge is 0.407 e. The maximum Gasteiger partial charge on any atom is 0.318 e. The molecule has 0 amide bonds. The Balaban J connectivity index is 2.58. The van der Waals surface area contributed by atoms with Gasteiger partial charge in [-0.2, -0.15) is 0 Å². The van der Waals surface area contributed by atoms with E-state index in [-0.39, 0.29) is 5.54 Å². The number of aromatic nitrogens is 2. The predicted molar refractivity (Wildman–Crippen MR) is 78.2 cm³/mol. The molecular formula is C14H28N4O. The molecule has 1 rings (SSSR count). The zero-order valence-corrected chi connectivity index (χ0v) is 13.3. The van der Waals surface area contributed by atoms with Gasteiger partial charge in [-0.05, 0) is 40.0 Å². The van der Waals surface area contributed by atoms with Gasteiger partial charge in [0.25, 0.3) is 0 Å². The fraction of sp³-hybridized carbons (Fsp3) is 0.857. The topological polar surface area (TPSA) is 54.2 Å². The quantitative estimate of drug-likeness (QED) is 0.859. The van der Waals surface area contributed by atoms with Gasteiger partial charge in [0.2, 0.25) is 5.89 Å². The van der Waals surface area contributed by atoms with E-state index in [0.29, 0.717) is 30.4 Å². The molecule has 1 aromatic rings. The van der Waals surface area contributed by atoms with Gasteiger partial charge < -0.3 is 14.6 Å². The van der Waals surface area contributed by atoms with E-state index in [2.05, 4.69) is 57.1 Å². The molecule has 1 atom stereocenters. The van der Waals surface area contributed by atoms with Crippen LogP contribution in [-0.4, -0.2) is 28.8 Å². The molecule has 0 saturated heterocycles. The van der Waals surface area contributed by atoms with E-state index in [4.69, 9.17) is 4.42 Å². The highest BCUT2D eigenvalue weighted by Crippen LogP contribution is 2.17. The summed E-state index contributed by atoms with van der Waals surface area (Å²) >= 11 is 0. The first-order valence-electron chi connectivity index (χ1n) is 6.99. The van der Waals surface area contributed by atoms with Gasteiger partial charge in [0, 0.05) is 18.6 Å². The highest BCUT2D eigenvalue weighted by molar-refractivity contribution is 5.23. The van der Waals surface area contributed by atoms with Crippen LogP contribution in [0.2, 0.25) is 0 Å². The summed E-state index contributed by atoms with van der Waals surface area (Å²) in [5.74, 6) is 1.29. The van der Waals surface area contributed by atoms with Crippen molar-refractivity contribution in [2.75, 3.05) is 11.9 Å². The SMILES string of the molecule is CC(C)CC(C)N(C)c1nnc(CNC(C)(C)C)o1.